The molecule has 1 saturated carbocycles. The van der Waals surface area contributed by atoms with E-state index < -0.39 is 0 Å². The summed E-state index contributed by atoms with van der Waals surface area (Å²) in [5.41, 5.74) is 1.31. The zero-order chi connectivity index (χ0) is 16.9. The van der Waals surface area contributed by atoms with Gasteiger partial charge in [-0.15, -0.1) is 0 Å². The van der Waals surface area contributed by atoms with Gasteiger partial charge in [-0.05, 0) is 25.2 Å². The number of pyridine rings is 1. The molecule has 0 atom stereocenters. The number of H-pyrrole nitrogens is 1. The van der Waals surface area contributed by atoms with Crippen LogP contribution in [0.5, 0.6) is 5.75 Å². The molecule has 0 saturated heterocycles. The second-order valence-corrected chi connectivity index (χ2v) is 7.84. The third-order valence-electron chi connectivity index (χ3n) is 5.45. The van der Waals surface area contributed by atoms with E-state index >= 15 is 0 Å². The van der Waals surface area contributed by atoms with E-state index in [4.69, 9.17) is 0 Å². The fourth-order valence-corrected chi connectivity index (χ4v) is 3.84. The highest BCUT2D eigenvalue weighted by Gasteiger charge is 2.26. The number of rotatable bonds is 7. The van der Waals surface area contributed by atoms with E-state index in [0.717, 1.165) is 44.2 Å². The highest BCUT2D eigenvalue weighted by Crippen LogP contribution is 2.37. The lowest BCUT2D eigenvalue weighted by Gasteiger charge is -2.27. The highest BCUT2D eigenvalue weighted by atomic mass is 16.3. The molecular formula is C20H33NO2. The maximum Gasteiger partial charge on any atom is 0.255 e. The van der Waals surface area contributed by atoms with Crippen LogP contribution in [0, 0.1) is 0 Å². The molecule has 1 aromatic rings. The van der Waals surface area contributed by atoms with Gasteiger partial charge in [-0.25, -0.2) is 0 Å². The first kappa shape index (κ1) is 18.1. The summed E-state index contributed by atoms with van der Waals surface area (Å²) >= 11 is 0. The van der Waals surface area contributed by atoms with Gasteiger partial charge in [0.05, 0.1) is 5.56 Å². The van der Waals surface area contributed by atoms with Crippen LogP contribution in [-0.4, -0.2) is 10.1 Å². The van der Waals surface area contributed by atoms with E-state index in [9.17, 15) is 9.90 Å². The highest BCUT2D eigenvalue weighted by molar-refractivity contribution is 5.37. The number of aromatic amines is 1. The molecule has 1 aromatic heterocycles. The SMILES string of the molecule is CCCCCCC(C)(C)c1cc(O)c(C2CCCCC2)c(=O)[nH]1. The third kappa shape index (κ3) is 4.62. The Hall–Kier alpha value is -1.25. The van der Waals surface area contributed by atoms with Gasteiger partial charge in [0.2, 0.25) is 0 Å². The van der Waals surface area contributed by atoms with Crippen LogP contribution in [0.15, 0.2) is 10.9 Å². The first-order valence-electron chi connectivity index (χ1n) is 9.42. The van der Waals surface area contributed by atoms with Crippen LogP contribution in [0.25, 0.3) is 0 Å². The van der Waals surface area contributed by atoms with Gasteiger partial charge in [0, 0.05) is 17.2 Å². The van der Waals surface area contributed by atoms with Crippen molar-refractivity contribution in [1.82, 2.24) is 4.98 Å². The molecule has 0 aliphatic heterocycles. The van der Waals surface area contributed by atoms with E-state index in [1.807, 2.05) is 6.07 Å². The smallest absolute Gasteiger partial charge is 0.255 e. The van der Waals surface area contributed by atoms with Crippen molar-refractivity contribution in [2.24, 2.45) is 0 Å². The average molecular weight is 319 g/mol. The Labute approximate surface area is 140 Å². The zero-order valence-corrected chi connectivity index (χ0v) is 15.1. The Morgan fingerprint density at radius 1 is 1.17 bits per heavy atom. The fourth-order valence-electron chi connectivity index (χ4n) is 3.84. The van der Waals surface area contributed by atoms with E-state index in [-0.39, 0.29) is 22.6 Å². The molecule has 0 bridgehead atoms. The number of aromatic nitrogens is 1. The number of hydrogen-bond donors (Lipinski definition) is 2. The molecule has 1 heterocycles. The van der Waals surface area contributed by atoms with Gasteiger partial charge in [-0.3, -0.25) is 4.79 Å². The quantitative estimate of drug-likeness (QED) is 0.663. The molecule has 23 heavy (non-hydrogen) atoms. The lowest BCUT2D eigenvalue weighted by atomic mass is 9.81. The maximum atomic E-state index is 12.6. The fraction of sp³-hybridized carbons (Fsp3) is 0.750. The summed E-state index contributed by atoms with van der Waals surface area (Å²) in [5.74, 6) is 0.437. The van der Waals surface area contributed by atoms with Crippen LogP contribution < -0.4 is 5.56 Å². The lowest BCUT2D eigenvalue weighted by Crippen LogP contribution is -2.26. The van der Waals surface area contributed by atoms with Crippen LogP contribution in [0.2, 0.25) is 0 Å². The molecule has 0 unspecified atom stereocenters. The molecule has 0 radical (unpaired) electrons. The van der Waals surface area contributed by atoms with Crippen molar-refractivity contribution in [3.8, 4) is 5.75 Å². The minimum absolute atomic E-state index is 0.0754. The molecule has 3 heteroatoms. The van der Waals surface area contributed by atoms with E-state index in [2.05, 4.69) is 25.8 Å². The number of unbranched alkanes of at least 4 members (excludes halogenated alkanes) is 3. The summed E-state index contributed by atoms with van der Waals surface area (Å²) in [7, 11) is 0. The molecule has 1 aliphatic carbocycles. The standard InChI is InChI=1S/C20H33NO2/c1-4-5-6-10-13-20(2,3)17-14-16(22)18(19(23)21-17)15-11-8-7-9-12-15/h14-15H,4-13H2,1-3H3,(H2,21,22,23). The first-order chi connectivity index (χ1) is 11.0. The lowest BCUT2D eigenvalue weighted by molar-refractivity contribution is 0.400. The summed E-state index contributed by atoms with van der Waals surface area (Å²) in [6.07, 6.45) is 11.5. The van der Waals surface area contributed by atoms with E-state index in [1.165, 1.54) is 25.7 Å². The third-order valence-corrected chi connectivity index (χ3v) is 5.45. The molecule has 2 rings (SSSR count). The van der Waals surface area contributed by atoms with Crippen molar-refractivity contribution in [1.29, 1.82) is 0 Å². The minimum Gasteiger partial charge on any atom is -0.507 e. The van der Waals surface area contributed by atoms with Crippen molar-refractivity contribution < 1.29 is 5.11 Å². The normalized spacial score (nSPS) is 16.7. The van der Waals surface area contributed by atoms with Crippen LogP contribution in [-0.2, 0) is 5.41 Å². The van der Waals surface area contributed by atoms with Crippen molar-refractivity contribution in [2.75, 3.05) is 0 Å². The van der Waals surface area contributed by atoms with Crippen molar-refractivity contribution in [3.05, 3.63) is 27.7 Å². The van der Waals surface area contributed by atoms with E-state index in [0.29, 0.717) is 5.56 Å². The van der Waals surface area contributed by atoms with Gasteiger partial charge in [0.1, 0.15) is 5.75 Å². The van der Waals surface area contributed by atoms with E-state index in [1.54, 1.807) is 0 Å². The molecule has 130 valence electrons. The van der Waals surface area contributed by atoms with Gasteiger partial charge < -0.3 is 10.1 Å². The summed E-state index contributed by atoms with van der Waals surface area (Å²) < 4.78 is 0. The molecule has 1 fully saturated rings. The molecule has 2 N–H and O–H groups in total. The number of hydrogen-bond acceptors (Lipinski definition) is 2. The summed E-state index contributed by atoms with van der Waals surface area (Å²) in [6, 6.07) is 1.81. The first-order valence-corrected chi connectivity index (χ1v) is 9.42. The molecule has 3 nitrogen and oxygen atoms in total. The van der Waals surface area contributed by atoms with Crippen LogP contribution in [0.1, 0.15) is 102 Å². The van der Waals surface area contributed by atoms with Crippen molar-refractivity contribution in [2.45, 2.75) is 96.3 Å². The predicted octanol–water partition coefficient (Wildman–Crippen LogP) is 5.38. The molecular weight excluding hydrogens is 286 g/mol. The average Bonchev–Trinajstić information content (AvgIpc) is 2.52. The second kappa shape index (κ2) is 8.03. The Morgan fingerprint density at radius 2 is 1.87 bits per heavy atom. The van der Waals surface area contributed by atoms with Crippen LogP contribution >= 0.6 is 0 Å². The van der Waals surface area contributed by atoms with Gasteiger partial charge in [-0.2, -0.15) is 0 Å². The summed E-state index contributed by atoms with van der Waals surface area (Å²) in [4.78, 5) is 15.6. The van der Waals surface area contributed by atoms with Crippen LogP contribution in [0.3, 0.4) is 0 Å². The van der Waals surface area contributed by atoms with Gasteiger partial charge >= 0.3 is 0 Å². The molecule has 0 amide bonds. The summed E-state index contributed by atoms with van der Waals surface area (Å²) in [5, 5.41) is 10.5. The number of nitrogens with one attached hydrogen (secondary N) is 1. The predicted molar refractivity (Wildman–Crippen MR) is 96.3 cm³/mol. The van der Waals surface area contributed by atoms with Crippen LogP contribution in [0.4, 0.5) is 0 Å². The molecule has 0 spiro atoms. The largest absolute Gasteiger partial charge is 0.507 e. The molecule has 1 aliphatic rings. The Kier molecular flexibility index (Phi) is 6.32. The van der Waals surface area contributed by atoms with Crippen molar-refractivity contribution >= 4 is 0 Å². The summed E-state index contributed by atoms with van der Waals surface area (Å²) in [6.45, 7) is 6.53. The monoisotopic (exact) mass is 319 g/mol. The van der Waals surface area contributed by atoms with Gasteiger partial charge in [0.25, 0.3) is 5.56 Å². The molecule has 0 aromatic carbocycles. The topological polar surface area (TPSA) is 53.1 Å². The Bertz CT molecular complexity index is 553. The Morgan fingerprint density at radius 3 is 2.48 bits per heavy atom. The zero-order valence-electron chi connectivity index (χ0n) is 15.1. The number of aromatic hydroxyl groups is 1. The second-order valence-electron chi connectivity index (χ2n) is 7.84. The van der Waals surface area contributed by atoms with Crippen molar-refractivity contribution in [3.63, 3.8) is 0 Å². The Balaban J connectivity index is 2.16. The minimum atomic E-state index is -0.102. The van der Waals surface area contributed by atoms with Gasteiger partial charge in [0.15, 0.2) is 0 Å². The van der Waals surface area contributed by atoms with Gasteiger partial charge in [-0.1, -0.05) is 65.7 Å². The maximum absolute atomic E-state index is 12.6.